The van der Waals surface area contributed by atoms with Crippen LogP contribution in [0, 0.1) is 0 Å². The average molecular weight is 286 g/mol. The third-order valence-corrected chi connectivity index (χ3v) is 3.67. The first-order chi connectivity index (χ1) is 8.72. The first kappa shape index (κ1) is 15.9. The molecule has 0 aromatic heterocycles. The lowest BCUT2D eigenvalue weighted by molar-refractivity contribution is 0.0185. The van der Waals surface area contributed by atoms with Gasteiger partial charge in [-0.1, -0.05) is 12.1 Å². The molecular formula is C13H22N2O3S. The number of ether oxygens (including phenoxy) is 1. The van der Waals surface area contributed by atoms with Gasteiger partial charge in [0.05, 0.1) is 11.4 Å². The van der Waals surface area contributed by atoms with Crippen molar-refractivity contribution < 1.29 is 13.2 Å². The Balaban J connectivity index is 2.49. The average Bonchev–Trinajstić information content (AvgIpc) is 2.29. The Morgan fingerprint density at radius 2 is 1.84 bits per heavy atom. The lowest BCUT2D eigenvalue weighted by Gasteiger charge is -2.23. The highest BCUT2D eigenvalue weighted by molar-refractivity contribution is 7.88. The van der Waals surface area contributed by atoms with Crippen LogP contribution >= 0.6 is 0 Å². The van der Waals surface area contributed by atoms with Gasteiger partial charge in [-0.15, -0.1) is 0 Å². The second kappa shape index (κ2) is 6.36. The minimum Gasteiger partial charge on any atom is -0.385 e. The highest BCUT2D eigenvalue weighted by atomic mass is 32.2. The Morgan fingerprint density at radius 3 is 2.32 bits per heavy atom. The molecule has 0 unspecified atom stereocenters. The molecule has 3 N–H and O–H groups in total. The third kappa shape index (κ3) is 6.56. The summed E-state index contributed by atoms with van der Waals surface area (Å²) in [6, 6.07) is 7.21. The summed E-state index contributed by atoms with van der Waals surface area (Å²) in [6.07, 6.45) is 0.877. The van der Waals surface area contributed by atoms with Crippen molar-refractivity contribution in [2.45, 2.75) is 31.6 Å². The molecule has 0 aliphatic heterocycles. The molecule has 0 amide bonds. The number of rotatable bonds is 7. The van der Waals surface area contributed by atoms with E-state index in [0.717, 1.165) is 18.7 Å². The van der Waals surface area contributed by atoms with Gasteiger partial charge in [-0.25, -0.2) is 13.6 Å². The molecular weight excluding hydrogens is 264 g/mol. The molecule has 0 bridgehead atoms. The number of anilines is 1. The first-order valence-electron chi connectivity index (χ1n) is 6.10. The van der Waals surface area contributed by atoms with Gasteiger partial charge in [-0.2, -0.15) is 0 Å². The molecule has 0 aliphatic rings. The van der Waals surface area contributed by atoms with Crippen molar-refractivity contribution in [1.29, 1.82) is 0 Å². The highest BCUT2D eigenvalue weighted by Crippen LogP contribution is 2.15. The maximum absolute atomic E-state index is 10.9. The van der Waals surface area contributed by atoms with Gasteiger partial charge in [-0.3, -0.25) is 0 Å². The molecule has 6 heteroatoms. The van der Waals surface area contributed by atoms with E-state index in [1.165, 1.54) is 0 Å². The molecule has 0 saturated heterocycles. The van der Waals surface area contributed by atoms with Crippen molar-refractivity contribution in [3.8, 4) is 0 Å². The van der Waals surface area contributed by atoms with E-state index >= 15 is 0 Å². The summed E-state index contributed by atoms with van der Waals surface area (Å²) in [5, 5.41) is 8.26. The lowest BCUT2D eigenvalue weighted by Crippen LogP contribution is -2.25. The van der Waals surface area contributed by atoms with Crippen LogP contribution in [0.5, 0.6) is 0 Å². The number of methoxy groups -OCH3 is 1. The smallest absolute Gasteiger partial charge is 0.213 e. The molecule has 19 heavy (non-hydrogen) atoms. The SMILES string of the molecule is COC(C)(C)CCNc1ccc(CS(N)(=O)=O)cc1. The van der Waals surface area contributed by atoms with Crippen LogP contribution in [0.25, 0.3) is 0 Å². The second-order valence-electron chi connectivity index (χ2n) is 5.14. The number of hydrogen-bond acceptors (Lipinski definition) is 4. The van der Waals surface area contributed by atoms with E-state index in [1.54, 1.807) is 19.2 Å². The maximum Gasteiger partial charge on any atom is 0.213 e. The van der Waals surface area contributed by atoms with E-state index in [1.807, 2.05) is 26.0 Å². The third-order valence-electron chi connectivity index (χ3n) is 2.93. The van der Waals surface area contributed by atoms with Crippen LogP contribution in [0.1, 0.15) is 25.8 Å². The number of sulfonamides is 1. The van der Waals surface area contributed by atoms with Gasteiger partial charge in [0.25, 0.3) is 0 Å². The van der Waals surface area contributed by atoms with Crippen molar-refractivity contribution in [1.82, 2.24) is 0 Å². The highest BCUT2D eigenvalue weighted by Gasteiger charge is 2.15. The largest absolute Gasteiger partial charge is 0.385 e. The van der Waals surface area contributed by atoms with Crippen LogP contribution in [0.2, 0.25) is 0 Å². The van der Waals surface area contributed by atoms with Gasteiger partial charge in [0, 0.05) is 19.3 Å². The summed E-state index contributed by atoms with van der Waals surface area (Å²) in [7, 11) is -1.77. The number of nitrogens with two attached hydrogens (primary N) is 1. The zero-order chi connectivity index (χ0) is 14.5. The Morgan fingerprint density at radius 1 is 1.26 bits per heavy atom. The molecule has 5 nitrogen and oxygen atoms in total. The molecule has 1 aromatic carbocycles. The Hall–Kier alpha value is -1.11. The van der Waals surface area contributed by atoms with E-state index in [4.69, 9.17) is 9.88 Å². The van der Waals surface area contributed by atoms with Crippen molar-refractivity contribution in [3.05, 3.63) is 29.8 Å². The van der Waals surface area contributed by atoms with Gasteiger partial charge in [0.2, 0.25) is 10.0 Å². The Bertz CT molecular complexity index is 495. The van der Waals surface area contributed by atoms with E-state index in [-0.39, 0.29) is 11.4 Å². The monoisotopic (exact) mass is 286 g/mol. The van der Waals surface area contributed by atoms with Crippen molar-refractivity contribution >= 4 is 15.7 Å². The van der Waals surface area contributed by atoms with Crippen LogP contribution in [-0.4, -0.2) is 27.7 Å². The predicted molar refractivity (Wildman–Crippen MR) is 77.4 cm³/mol. The van der Waals surface area contributed by atoms with Gasteiger partial charge in [-0.05, 0) is 38.0 Å². The Kier molecular flexibility index (Phi) is 5.34. The second-order valence-corrected chi connectivity index (χ2v) is 6.76. The van der Waals surface area contributed by atoms with Crippen LogP contribution in [-0.2, 0) is 20.5 Å². The van der Waals surface area contributed by atoms with Crippen molar-refractivity contribution in [2.75, 3.05) is 19.0 Å². The summed E-state index contributed by atoms with van der Waals surface area (Å²) in [4.78, 5) is 0. The van der Waals surface area contributed by atoms with E-state index in [2.05, 4.69) is 5.32 Å². The van der Waals surface area contributed by atoms with E-state index in [0.29, 0.717) is 5.56 Å². The molecule has 0 spiro atoms. The van der Waals surface area contributed by atoms with Crippen molar-refractivity contribution in [3.63, 3.8) is 0 Å². The normalized spacial score (nSPS) is 12.4. The number of hydrogen-bond donors (Lipinski definition) is 2. The first-order valence-corrected chi connectivity index (χ1v) is 7.82. The zero-order valence-corrected chi connectivity index (χ0v) is 12.5. The van der Waals surface area contributed by atoms with Crippen LogP contribution in [0.4, 0.5) is 5.69 Å². The summed E-state index contributed by atoms with van der Waals surface area (Å²) < 4.78 is 27.2. The Labute approximate surface area is 115 Å². The molecule has 0 radical (unpaired) electrons. The molecule has 0 atom stereocenters. The van der Waals surface area contributed by atoms with Crippen LogP contribution < -0.4 is 10.5 Å². The van der Waals surface area contributed by atoms with Gasteiger partial charge in [0.15, 0.2) is 0 Å². The predicted octanol–water partition coefficient (Wildman–Crippen LogP) is 1.70. The van der Waals surface area contributed by atoms with Crippen LogP contribution in [0.15, 0.2) is 24.3 Å². The molecule has 0 heterocycles. The van der Waals surface area contributed by atoms with Gasteiger partial charge >= 0.3 is 0 Å². The van der Waals surface area contributed by atoms with E-state index in [9.17, 15) is 8.42 Å². The van der Waals surface area contributed by atoms with Gasteiger partial charge < -0.3 is 10.1 Å². The van der Waals surface area contributed by atoms with Gasteiger partial charge in [0.1, 0.15) is 0 Å². The minimum absolute atomic E-state index is 0.135. The fourth-order valence-corrected chi connectivity index (χ4v) is 2.22. The fourth-order valence-electron chi connectivity index (χ4n) is 1.56. The molecule has 0 fully saturated rings. The quantitative estimate of drug-likeness (QED) is 0.799. The maximum atomic E-state index is 10.9. The van der Waals surface area contributed by atoms with E-state index < -0.39 is 10.0 Å². The zero-order valence-electron chi connectivity index (χ0n) is 11.6. The lowest BCUT2D eigenvalue weighted by atomic mass is 10.1. The number of nitrogens with one attached hydrogen (secondary N) is 1. The fraction of sp³-hybridized carbons (Fsp3) is 0.538. The molecule has 0 aliphatic carbocycles. The molecule has 1 aromatic rings. The summed E-state index contributed by atoms with van der Waals surface area (Å²) in [5.41, 5.74) is 1.48. The number of benzene rings is 1. The minimum atomic E-state index is -3.47. The summed E-state index contributed by atoms with van der Waals surface area (Å²) >= 11 is 0. The van der Waals surface area contributed by atoms with Crippen molar-refractivity contribution in [2.24, 2.45) is 5.14 Å². The van der Waals surface area contributed by atoms with Crippen LogP contribution in [0.3, 0.4) is 0 Å². The number of primary sulfonamides is 1. The molecule has 0 saturated carbocycles. The molecule has 1 rings (SSSR count). The topological polar surface area (TPSA) is 81.4 Å². The standard InChI is InChI=1S/C13H22N2O3S/c1-13(2,18-3)8-9-15-12-6-4-11(5-7-12)10-19(14,16)17/h4-7,15H,8-10H2,1-3H3,(H2,14,16,17). The molecule has 108 valence electrons. The summed E-state index contributed by atoms with van der Waals surface area (Å²) in [6.45, 7) is 4.85. The summed E-state index contributed by atoms with van der Waals surface area (Å²) in [5.74, 6) is -0.135.